The molecule has 0 saturated carbocycles. The number of hydrogen-bond donors (Lipinski definition) is 1. The number of nitrogens with zero attached hydrogens (tertiary/aromatic N) is 2. The Bertz CT molecular complexity index is 761. The second kappa shape index (κ2) is 5.47. The van der Waals surface area contributed by atoms with Gasteiger partial charge >= 0.3 is 11.7 Å². The van der Waals surface area contributed by atoms with Crippen LogP contribution in [-0.2, 0) is 11.2 Å². The number of rotatable bonds is 3. The minimum Gasteiger partial charge on any atom is -0.481 e. The number of aryl methyl sites for hydroxylation is 2. The lowest BCUT2D eigenvalue weighted by molar-refractivity contribution is -0.136. The second-order valence-corrected chi connectivity index (χ2v) is 4.94. The van der Waals surface area contributed by atoms with Crippen molar-refractivity contribution in [2.75, 3.05) is 0 Å². The Balaban J connectivity index is 2.74. The third-order valence-electron chi connectivity index (χ3n) is 3.28. The molecule has 2 rings (SSSR count). The third kappa shape index (κ3) is 2.99. The van der Waals surface area contributed by atoms with Crippen LogP contribution in [0.2, 0.25) is 0 Å². The van der Waals surface area contributed by atoms with Gasteiger partial charge in [-0.3, -0.25) is 9.36 Å². The Kier molecular flexibility index (Phi) is 3.88. The van der Waals surface area contributed by atoms with Crippen molar-refractivity contribution < 1.29 is 14.3 Å². The smallest absolute Gasteiger partial charge is 0.352 e. The van der Waals surface area contributed by atoms with Crippen molar-refractivity contribution in [2.24, 2.45) is 0 Å². The van der Waals surface area contributed by atoms with E-state index >= 15 is 0 Å². The van der Waals surface area contributed by atoms with Crippen LogP contribution in [0.4, 0.5) is 4.39 Å². The maximum atomic E-state index is 13.5. The first-order valence-electron chi connectivity index (χ1n) is 6.38. The molecule has 0 saturated heterocycles. The Morgan fingerprint density at radius 2 is 1.95 bits per heavy atom. The minimum atomic E-state index is -1.01. The Morgan fingerprint density at radius 1 is 1.29 bits per heavy atom. The number of aromatic nitrogens is 2. The summed E-state index contributed by atoms with van der Waals surface area (Å²) in [6, 6.07) is 4.23. The monoisotopic (exact) mass is 290 g/mol. The fraction of sp³-hybridized carbons (Fsp3) is 0.267. The zero-order valence-corrected chi connectivity index (χ0v) is 12.0. The summed E-state index contributed by atoms with van der Waals surface area (Å²) >= 11 is 0. The molecule has 0 fully saturated rings. The minimum absolute atomic E-state index is 0.237. The Morgan fingerprint density at radius 3 is 2.52 bits per heavy atom. The molecule has 1 aromatic carbocycles. The van der Waals surface area contributed by atoms with Crippen LogP contribution in [0.15, 0.2) is 23.0 Å². The molecule has 0 amide bonds. The van der Waals surface area contributed by atoms with E-state index in [1.54, 1.807) is 26.8 Å². The van der Waals surface area contributed by atoms with Gasteiger partial charge in [0.1, 0.15) is 5.82 Å². The summed E-state index contributed by atoms with van der Waals surface area (Å²) in [5.41, 5.74) is 1.75. The van der Waals surface area contributed by atoms with Gasteiger partial charge < -0.3 is 5.11 Å². The molecule has 6 heteroatoms. The highest BCUT2D eigenvalue weighted by atomic mass is 19.1. The van der Waals surface area contributed by atoms with Crippen molar-refractivity contribution in [3.05, 3.63) is 57.0 Å². The summed E-state index contributed by atoms with van der Waals surface area (Å²) in [6.45, 7) is 4.94. The zero-order valence-electron chi connectivity index (χ0n) is 12.0. The highest BCUT2D eigenvalue weighted by Gasteiger charge is 2.15. The molecule has 1 heterocycles. The maximum absolute atomic E-state index is 13.5. The molecule has 0 aliphatic rings. The molecule has 2 aromatic rings. The Labute approximate surface area is 120 Å². The molecule has 21 heavy (non-hydrogen) atoms. The fourth-order valence-electron chi connectivity index (χ4n) is 2.36. The van der Waals surface area contributed by atoms with Gasteiger partial charge in [-0.15, -0.1) is 0 Å². The predicted molar refractivity (Wildman–Crippen MR) is 75.3 cm³/mol. The van der Waals surface area contributed by atoms with Crippen molar-refractivity contribution in [3.8, 4) is 5.69 Å². The predicted octanol–water partition coefficient (Wildman–Crippen LogP) is 1.92. The van der Waals surface area contributed by atoms with Gasteiger partial charge in [-0.1, -0.05) is 0 Å². The van der Waals surface area contributed by atoms with Gasteiger partial charge in [0.2, 0.25) is 0 Å². The van der Waals surface area contributed by atoms with Gasteiger partial charge in [-0.25, -0.2) is 9.18 Å². The molecule has 0 aliphatic carbocycles. The normalized spacial score (nSPS) is 10.7. The van der Waals surface area contributed by atoms with Gasteiger partial charge in [0, 0.05) is 17.0 Å². The second-order valence-electron chi connectivity index (χ2n) is 4.94. The van der Waals surface area contributed by atoms with Crippen LogP contribution in [0.1, 0.15) is 22.5 Å². The van der Waals surface area contributed by atoms with Crippen LogP contribution in [0, 0.1) is 26.6 Å². The van der Waals surface area contributed by atoms with Crippen LogP contribution >= 0.6 is 0 Å². The average molecular weight is 290 g/mol. The third-order valence-corrected chi connectivity index (χ3v) is 3.28. The van der Waals surface area contributed by atoms with Crippen molar-refractivity contribution >= 4 is 5.97 Å². The van der Waals surface area contributed by atoms with E-state index in [0.29, 0.717) is 28.2 Å². The standard InChI is InChI=1S/C15H15FN2O3/c1-8-4-11(16)6-12(5-8)18-10(3)13(7-14(19)20)9(2)17-15(18)21/h4-6H,7H2,1-3H3,(H,19,20). The molecule has 0 radical (unpaired) electrons. The lowest BCUT2D eigenvalue weighted by atomic mass is 10.1. The van der Waals surface area contributed by atoms with E-state index in [4.69, 9.17) is 5.11 Å². The first kappa shape index (κ1) is 14.9. The Hall–Kier alpha value is -2.50. The van der Waals surface area contributed by atoms with Gasteiger partial charge in [0.05, 0.1) is 12.1 Å². The van der Waals surface area contributed by atoms with Crippen LogP contribution < -0.4 is 5.69 Å². The van der Waals surface area contributed by atoms with Crippen LogP contribution in [0.3, 0.4) is 0 Å². The SMILES string of the molecule is Cc1cc(F)cc(-n2c(C)c(CC(=O)O)c(C)nc2=O)c1. The summed E-state index contributed by atoms with van der Waals surface area (Å²) in [5.74, 6) is -1.47. The maximum Gasteiger partial charge on any atom is 0.352 e. The topological polar surface area (TPSA) is 72.2 Å². The van der Waals surface area contributed by atoms with E-state index in [1.807, 2.05) is 0 Å². The van der Waals surface area contributed by atoms with E-state index in [1.165, 1.54) is 16.7 Å². The molecule has 1 aromatic heterocycles. The number of hydrogen-bond acceptors (Lipinski definition) is 3. The number of aliphatic carboxylic acids is 1. The summed E-state index contributed by atoms with van der Waals surface area (Å²) in [5, 5.41) is 8.96. The number of carbonyl (C=O) groups is 1. The average Bonchev–Trinajstić information content (AvgIpc) is 2.32. The highest BCUT2D eigenvalue weighted by Crippen LogP contribution is 2.17. The lowest BCUT2D eigenvalue weighted by Gasteiger charge is -2.15. The first-order chi connectivity index (χ1) is 9.79. The van der Waals surface area contributed by atoms with Crippen molar-refractivity contribution in [1.29, 1.82) is 0 Å². The van der Waals surface area contributed by atoms with E-state index in [9.17, 15) is 14.0 Å². The van der Waals surface area contributed by atoms with Crippen LogP contribution in [0.5, 0.6) is 0 Å². The number of carboxylic acid groups (broad SMARTS) is 1. The van der Waals surface area contributed by atoms with Crippen molar-refractivity contribution in [3.63, 3.8) is 0 Å². The van der Waals surface area contributed by atoms with Gasteiger partial charge in [-0.2, -0.15) is 4.98 Å². The molecule has 0 aliphatic heterocycles. The highest BCUT2D eigenvalue weighted by molar-refractivity contribution is 5.71. The van der Waals surface area contributed by atoms with Gasteiger partial charge in [-0.05, 0) is 44.5 Å². The summed E-state index contributed by atoms with van der Waals surface area (Å²) in [7, 11) is 0. The number of benzene rings is 1. The van der Waals surface area contributed by atoms with Gasteiger partial charge in [0.15, 0.2) is 0 Å². The summed E-state index contributed by atoms with van der Waals surface area (Å²) in [6.07, 6.45) is -0.237. The van der Waals surface area contributed by atoms with E-state index < -0.39 is 17.5 Å². The molecule has 110 valence electrons. The largest absolute Gasteiger partial charge is 0.481 e. The van der Waals surface area contributed by atoms with E-state index in [0.717, 1.165) is 0 Å². The van der Waals surface area contributed by atoms with Crippen LogP contribution in [-0.4, -0.2) is 20.6 Å². The van der Waals surface area contributed by atoms with Gasteiger partial charge in [0.25, 0.3) is 0 Å². The molecule has 0 atom stereocenters. The summed E-state index contributed by atoms with van der Waals surface area (Å²) < 4.78 is 14.8. The molecule has 0 spiro atoms. The molecule has 0 unspecified atom stereocenters. The van der Waals surface area contributed by atoms with Crippen molar-refractivity contribution in [1.82, 2.24) is 9.55 Å². The summed E-state index contributed by atoms with van der Waals surface area (Å²) in [4.78, 5) is 26.9. The molecular formula is C15H15FN2O3. The zero-order chi connectivity index (χ0) is 15.7. The quantitative estimate of drug-likeness (QED) is 0.937. The fourth-order valence-corrected chi connectivity index (χ4v) is 2.36. The van der Waals surface area contributed by atoms with Crippen LogP contribution in [0.25, 0.3) is 5.69 Å². The van der Waals surface area contributed by atoms with Crippen molar-refractivity contribution in [2.45, 2.75) is 27.2 Å². The molecule has 5 nitrogen and oxygen atoms in total. The lowest BCUT2D eigenvalue weighted by Crippen LogP contribution is -2.27. The van der Waals surface area contributed by atoms with E-state index in [-0.39, 0.29) is 6.42 Å². The number of halogens is 1. The number of carboxylic acids is 1. The van der Waals surface area contributed by atoms with E-state index in [2.05, 4.69) is 4.98 Å². The molecular weight excluding hydrogens is 275 g/mol. The molecule has 1 N–H and O–H groups in total. The molecule has 0 bridgehead atoms. The first-order valence-corrected chi connectivity index (χ1v) is 6.38.